The molecule has 0 aliphatic carbocycles. The fourth-order valence-electron chi connectivity index (χ4n) is 3.92. The van der Waals surface area contributed by atoms with Gasteiger partial charge >= 0.3 is 0 Å². The highest BCUT2D eigenvalue weighted by Crippen LogP contribution is 2.26. The van der Waals surface area contributed by atoms with E-state index in [0.29, 0.717) is 18.8 Å². The molecule has 0 unspecified atom stereocenters. The van der Waals surface area contributed by atoms with Gasteiger partial charge in [-0.3, -0.25) is 19.9 Å². The van der Waals surface area contributed by atoms with Crippen LogP contribution in [0.3, 0.4) is 0 Å². The van der Waals surface area contributed by atoms with Gasteiger partial charge in [0.2, 0.25) is 0 Å². The summed E-state index contributed by atoms with van der Waals surface area (Å²) in [6, 6.07) is 11.3. The topological polar surface area (TPSA) is 54.8 Å². The number of hydrogen-bond donors (Lipinski definition) is 0. The van der Waals surface area contributed by atoms with Gasteiger partial charge in [-0.25, -0.2) is 4.39 Å². The third kappa shape index (κ3) is 4.12. The van der Waals surface area contributed by atoms with E-state index in [2.05, 4.69) is 37.0 Å². The molecule has 5 nitrogen and oxygen atoms in total. The largest absolute Gasteiger partial charge is 0.369 e. The predicted octanol–water partition coefficient (Wildman–Crippen LogP) is 5.34. The summed E-state index contributed by atoms with van der Waals surface area (Å²) in [5.41, 5.74) is 7.98. The lowest BCUT2D eigenvalue weighted by Gasteiger charge is -2.25. The Bertz CT molecular complexity index is 1330. The van der Waals surface area contributed by atoms with Crippen molar-refractivity contribution in [3.63, 3.8) is 0 Å². The Balaban J connectivity index is 1.33. The maximum absolute atomic E-state index is 14.8. The second kappa shape index (κ2) is 8.30. The second-order valence-corrected chi connectivity index (χ2v) is 8.03. The van der Waals surface area contributed by atoms with E-state index in [-0.39, 0.29) is 5.82 Å². The summed E-state index contributed by atoms with van der Waals surface area (Å²) in [7, 11) is 0. The van der Waals surface area contributed by atoms with Crippen LogP contribution in [-0.2, 0) is 13.1 Å². The van der Waals surface area contributed by atoms with Gasteiger partial charge in [-0.2, -0.15) is 0 Å². The molecule has 0 aromatic carbocycles. The number of hydrogen-bond acceptors (Lipinski definition) is 5. The van der Waals surface area contributed by atoms with E-state index in [1.165, 1.54) is 0 Å². The molecule has 6 heteroatoms. The SMILES string of the molecule is Cc1cc(-c2cc3c(cn2)CN(Cc2cnc(-c4ccnc(C)c4)c(F)c2)C=C3)ccn1. The number of pyridine rings is 4. The van der Waals surface area contributed by atoms with E-state index in [9.17, 15) is 4.39 Å². The Kier molecular flexibility index (Phi) is 5.19. The molecule has 0 bridgehead atoms. The lowest BCUT2D eigenvalue weighted by atomic mass is 10.0. The molecule has 0 spiro atoms. The fraction of sp³-hybridized carbons (Fsp3) is 0.154. The predicted molar refractivity (Wildman–Crippen MR) is 123 cm³/mol. The first-order chi connectivity index (χ1) is 15.5. The molecule has 4 aromatic heterocycles. The Hall–Kier alpha value is -3.93. The van der Waals surface area contributed by atoms with Gasteiger partial charge in [0.25, 0.3) is 0 Å². The quantitative estimate of drug-likeness (QED) is 0.443. The summed E-state index contributed by atoms with van der Waals surface area (Å²) in [4.78, 5) is 19.6. The van der Waals surface area contributed by atoms with Crippen LogP contribution in [0.4, 0.5) is 4.39 Å². The van der Waals surface area contributed by atoms with E-state index < -0.39 is 0 Å². The summed E-state index contributed by atoms with van der Waals surface area (Å²) >= 11 is 0. The van der Waals surface area contributed by atoms with Crippen LogP contribution in [-0.4, -0.2) is 24.8 Å². The van der Waals surface area contributed by atoms with Crippen molar-refractivity contribution in [3.05, 3.63) is 101 Å². The molecule has 0 radical (unpaired) electrons. The molecule has 0 saturated heterocycles. The first-order valence-corrected chi connectivity index (χ1v) is 10.5. The number of aryl methyl sites for hydroxylation is 2. The van der Waals surface area contributed by atoms with Gasteiger partial charge < -0.3 is 4.90 Å². The summed E-state index contributed by atoms with van der Waals surface area (Å²) in [6.45, 7) is 5.14. The summed E-state index contributed by atoms with van der Waals surface area (Å²) < 4.78 is 14.8. The smallest absolute Gasteiger partial charge is 0.149 e. The molecular weight excluding hydrogens is 401 g/mol. The molecule has 32 heavy (non-hydrogen) atoms. The van der Waals surface area contributed by atoms with Gasteiger partial charge in [0.15, 0.2) is 0 Å². The molecule has 0 fully saturated rings. The average molecular weight is 423 g/mol. The molecule has 0 saturated carbocycles. The molecule has 5 rings (SSSR count). The zero-order chi connectivity index (χ0) is 22.1. The highest BCUT2D eigenvalue weighted by molar-refractivity contribution is 5.66. The number of aromatic nitrogens is 4. The van der Waals surface area contributed by atoms with Crippen LogP contribution in [0.2, 0.25) is 0 Å². The van der Waals surface area contributed by atoms with Gasteiger partial charge in [-0.15, -0.1) is 0 Å². The second-order valence-electron chi connectivity index (χ2n) is 8.03. The van der Waals surface area contributed by atoms with Crippen molar-refractivity contribution in [1.29, 1.82) is 0 Å². The Morgan fingerprint density at radius 3 is 2.38 bits per heavy atom. The minimum Gasteiger partial charge on any atom is -0.369 e. The van der Waals surface area contributed by atoms with Gasteiger partial charge in [0.1, 0.15) is 11.5 Å². The van der Waals surface area contributed by atoms with E-state index in [1.54, 1.807) is 30.7 Å². The van der Waals surface area contributed by atoms with Gasteiger partial charge in [-0.05, 0) is 73.0 Å². The minimum atomic E-state index is -0.326. The van der Waals surface area contributed by atoms with Crippen molar-refractivity contribution in [2.24, 2.45) is 0 Å². The summed E-state index contributed by atoms with van der Waals surface area (Å²) in [5, 5.41) is 0. The monoisotopic (exact) mass is 423 g/mol. The zero-order valence-corrected chi connectivity index (χ0v) is 18.0. The Morgan fingerprint density at radius 1 is 0.875 bits per heavy atom. The van der Waals surface area contributed by atoms with Crippen molar-refractivity contribution in [3.8, 4) is 22.5 Å². The first-order valence-electron chi connectivity index (χ1n) is 10.5. The third-order valence-corrected chi connectivity index (χ3v) is 5.51. The molecule has 5 heterocycles. The van der Waals surface area contributed by atoms with Crippen LogP contribution in [0.15, 0.2) is 67.4 Å². The zero-order valence-electron chi connectivity index (χ0n) is 18.0. The van der Waals surface area contributed by atoms with Crippen LogP contribution in [0.5, 0.6) is 0 Å². The van der Waals surface area contributed by atoms with Crippen molar-refractivity contribution >= 4 is 6.08 Å². The Labute approximate surface area is 186 Å². The van der Waals surface area contributed by atoms with Crippen LogP contribution >= 0.6 is 0 Å². The highest BCUT2D eigenvalue weighted by atomic mass is 19.1. The molecule has 0 N–H and O–H groups in total. The van der Waals surface area contributed by atoms with Gasteiger partial charge in [0, 0.05) is 66.6 Å². The van der Waals surface area contributed by atoms with E-state index in [4.69, 9.17) is 0 Å². The lowest BCUT2D eigenvalue weighted by molar-refractivity contribution is 0.358. The average Bonchev–Trinajstić information content (AvgIpc) is 2.79. The Morgan fingerprint density at radius 2 is 1.62 bits per heavy atom. The molecule has 1 aliphatic heterocycles. The van der Waals surface area contributed by atoms with Crippen LogP contribution < -0.4 is 0 Å². The first kappa shape index (κ1) is 20.0. The van der Waals surface area contributed by atoms with E-state index >= 15 is 0 Å². The van der Waals surface area contributed by atoms with Gasteiger partial charge in [-0.1, -0.05) is 0 Å². The number of rotatable bonds is 4. The van der Waals surface area contributed by atoms with Crippen LogP contribution in [0.25, 0.3) is 28.6 Å². The standard InChI is InChI=1S/C26H22FN5/c1-17-9-21(3-6-28-17)25-12-20-5-8-32(16-23(20)14-30-25)15-19-11-24(27)26(31-13-19)22-4-7-29-18(2)10-22/h3-14H,15-16H2,1-2H3. The van der Waals surface area contributed by atoms with Crippen LogP contribution in [0, 0.1) is 19.7 Å². The van der Waals surface area contributed by atoms with Crippen molar-refractivity contribution in [1.82, 2.24) is 24.8 Å². The normalized spacial score (nSPS) is 12.7. The summed E-state index contributed by atoms with van der Waals surface area (Å²) in [6.07, 6.45) is 11.3. The minimum absolute atomic E-state index is 0.326. The molecule has 4 aromatic rings. The van der Waals surface area contributed by atoms with E-state index in [0.717, 1.165) is 44.9 Å². The number of halogens is 1. The maximum Gasteiger partial charge on any atom is 0.149 e. The number of fused-ring (bicyclic) bond motifs is 1. The fourth-order valence-corrected chi connectivity index (χ4v) is 3.92. The van der Waals surface area contributed by atoms with Crippen LogP contribution in [0.1, 0.15) is 28.1 Å². The lowest BCUT2D eigenvalue weighted by Crippen LogP contribution is -2.20. The molecular formula is C26H22FN5. The van der Waals surface area contributed by atoms with Gasteiger partial charge in [0.05, 0.1) is 5.69 Å². The molecule has 1 aliphatic rings. The third-order valence-electron chi connectivity index (χ3n) is 5.51. The summed E-state index contributed by atoms with van der Waals surface area (Å²) in [5.74, 6) is -0.326. The number of nitrogens with zero attached hydrogens (tertiary/aromatic N) is 5. The van der Waals surface area contributed by atoms with Crippen molar-refractivity contribution in [2.45, 2.75) is 26.9 Å². The molecule has 0 atom stereocenters. The molecule has 158 valence electrons. The van der Waals surface area contributed by atoms with Crippen molar-refractivity contribution in [2.75, 3.05) is 0 Å². The van der Waals surface area contributed by atoms with Crippen molar-refractivity contribution < 1.29 is 4.39 Å². The highest BCUT2D eigenvalue weighted by Gasteiger charge is 2.15. The maximum atomic E-state index is 14.8. The van der Waals surface area contributed by atoms with E-state index in [1.807, 2.05) is 44.4 Å². The molecule has 0 amide bonds.